The molecule has 9 heteroatoms. The number of benzene rings is 1. The molecule has 0 bridgehead atoms. The van der Waals surface area contributed by atoms with Crippen LogP contribution >= 0.6 is 11.8 Å². The van der Waals surface area contributed by atoms with E-state index in [-0.39, 0.29) is 0 Å². The van der Waals surface area contributed by atoms with Gasteiger partial charge in [-0.15, -0.1) is 11.8 Å². The number of carboxylic acids is 2. The number of carbonyl (C=O) groups is 4. The van der Waals surface area contributed by atoms with Crippen molar-refractivity contribution in [1.29, 1.82) is 0 Å². The normalized spacial score (nSPS) is 27.2. The average Bonchev–Trinajstić information content (AvgIpc) is 2.82. The van der Waals surface area contributed by atoms with Crippen LogP contribution in [0.1, 0.15) is 25.3 Å². The molecule has 2 aliphatic rings. The van der Waals surface area contributed by atoms with Crippen molar-refractivity contribution in [3.05, 3.63) is 35.9 Å². The van der Waals surface area contributed by atoms with Crippen LogP contribution in [0.2, 0.25) is 0 Å². The highest BCUT2D eigenvalue weighted by Crippen LogP contribution is 2.50. The van der Waals surface area contributed by atoms with Gasteiger partial charge in [-0.3, -0.25) is 14.4 Å². The van der Waals surface area contributed by atoms with E-state index < -0.39 is 51.9 Å². The minimum absolute atomic E-state index is 0.309. The molecule has 0 aliphatic carbocycles. The monoisotopic (exact) mass is 378 g/mol. The minimum atomic E-state index is -1.44. The number of hydrogen-bond acceptors (Lipinski definition) is 5. The summed E-state index contributed by atoms with van der Waals surface area (Å²) in [4.78, 5) is 49.2. The Morgan fingerprint density at radius 3 is 2.35 bits per heavy atom. The lowest BCUT2D eigenvalue weighted by molar-refractivity contribution is -0.161. The van der Waals surface area contributed by atoms with Gasteiger partial charge in [0.2, 0.25) is 11.8 Å². The van der Waals surface area contributed by atoms with Crippen LogP contribution in [-0.4, -0.2) is 61.1 Å². The van der Waals surface area contributed by atoms with E-state index in [9.17, 15) is 29.4 Å². The van der Waals surface area contributed by atoms with Gasteiger partial charge in [0.15, 0.2) is 5.92 Å². The first-order valence-corrected chi connectivity index (χ1v) is 8.84. The second-order valence-corrected chi connectivity index (χ2v) is 8.54. The second-order valence-electron chi connectivity index (χ2n) is 6.77. The fraction of sp³-hybridized carbons (Fsp3) is 0.412. The molecule has 138 valence electrons. The second kappa shape index (κ2) is 6.31. The van der Waals surface area contributed by atoms with Crippen molar-refractivity contribution >= 4 is 35.5 Å². The molecule has 1 aromatic rings. The number of rotatable bonds is 5. The Morgan fingerprint density at radius 2 is 1.81 bits per heavy atom. The first kappa shape index (κ1) is 18.2. The minimum Gasteiger partial charge on any atom is -0.480 e. The van der Waals surface area contributed by atoms with Crippen LogP contribution in [0.15, 0.2) is 30.3 Å². The summed E-state index contributed by atoms with van der Waals surface area (Å²) in [6.45, 7) is 3.45. The fourth-order valence-corrected chi connectivity index (χ4v) is 5.06. The van der Waals surface area contributed by atoms with E-state index in [1.54, 1.807) is 32.0 Å². The molecule has 3 N–H and O–H groups in total. The molecule has 1 unspecified atom stereocenters. The number of fused-ring (bicyclic) bond motifs is 1. The van der Waals surface area contributed by atoms with Gasteiger partial charge in [-0.25, -0.2) is 4.79 Å². The van der Waals surface area contributed by atoms with Crippen molar-refractivity contribution < 1.29 is 29.4 Å². The predicted molar refractivity (Wildman–Crippen MR) is 92.5 cm³/mol. The van der Waals surface area contributed by atoms with Crippen LogP contribution in [0.3, 0.4) is 0 Å². The third-order valence-electron chi connectivity index (χ3n) is 4.61. The summed E-state index contributed by atoms with van der Waals surface area (Å²) in [6, 6.07) is 6.10. The highest BCUT2D eigenvalue weighted by Gasteiger charge is 2.64. The predicted octanol–water partition coefficient (Wildman–Crippen LogP) is 0.486. The average molecular weight is 378 g/mol. The van der Waals surface area contributed by atoms with E-state index in [0.717, 1.165) is 0 Å². The highest BCUT2D eigenvalue weighted by atomic mass is 32.2. The zero-order chi connectivity index (χ0) is 19.2. The summed E-state index contributed by atoms with van der Waals surface area (Å²) in [5, 5.41) is 20.8. The SMILES string of the molecule is CC1(C)S[C@H]2[C@H](NC(=O)C(C(=O)O)c3ccccc3)C(=O)N2[C@@H]1C(=O)O. The van der Waals surface area contributed by atoms with E-state index in [0.29, 0.717) is 5.56 Å². The molecule has 2 saturated heterocycles. The number of aliphatic carboxylic acids is 2. The first-order valence-electron chi connectivity index (χ1n) is 7.96. The molecule has 1 aromatic carbocycles. The van der Waals surface area contributed by atoms with Gasteiger partial charge in [0.1, 0.15) is 17.5 Å². The fourth-order valence-electron chi connectivity index (χ4n) is 3.43. The number of carboxylic acid groups (broad SMARTS) is 2. The van der Waals surface area contributed by atoms with Crippen molar-refractivity contribution in [2.24, 2.45) is 0 Å². The Balaban J connectivity index is 1.78. The smallest absolute Gasteiger partial charge is 0.327 e. The zero-order valence-corrected chi connectivity index (χ0v) is 14.9. The number of β-lactam (4-membered cyclic amide) rings is 1. The first-order chi connectivity index (χ1) is 12.1. The van der Waals surface area contributed by atoms with Crippen LogP contribution in [0.25, 0.3) is 0 Å². The molecule has 0 spiro atoms. The Hall–Kier alpha value is -2.55. The van der Waals surface area contributed by atoms with Crippen LogP contribution in [0, 0.1) is 0 Å². The maximum Gasteiger partial charge on any atom is 0.327 e. The van der Waals surface area contributed by atoms with Gasteiger partial charge in [0, 0.05) is 4.75 Å². The van der Waals surface area contributed by atoms with Crippen molar-refractivity contribution in [1.82, 2.24) is 10.2 Å². The van der Waals surface area contributed by atoms with E-state index >= 15 is 0 Å². The van der Waals surface area contributed by atoms with E-state index in [1.165, 1.54) is 28.8 Å². The summed E-state index contributed by atoms with van der Waals surface area (Å²) >= 11 is 1.29. The lowest BCUT2D eigenvalue weighted by Gasteiger charge is -2.43. The maximum atomic E-state index is 12.5. The molecule has 2 heterocycles. The summed E-state index contributed by atoms with van der Waals surface area (Å²) in [5.74, 6) is -5.16. The van der Waals surface area contributed by atoms with E-state index in [4.69, 9.17) is 0 Å². The molecule has 0 radical (unpaired) electrons. The molecular formula is C17H18N2O6S. The molecule has 2 aliphatic heterocycles. The maximum absolute atomic E-state index is 12.5. The standard InChI is InChI=1S/C17H18N2O6S/c1-17(2)11(16(24)25)19-13(21)10(14(19)26-17)18-12(20)9(15(22)23)8-6-4-3-5-7-8/h3-7,9-11,14H,1-2H3,(H,18,20)(H,22,23)(H,24,25)/t9?,10-,11-,14+/m1/s1. The summed E-state index contributed by atoms with van der Waals surface area (Å²) in [6.07, 6.45) is 0. The van der Waals surface area contributed by atoms with E-state index in [2.05, 4.69) is 5.32 Å². The third kappa shape index (κ3) is 2.82. The molecule has 26 heavy (non-hydrogen) atoms. The van der Waals surface area contributed by atoms with Gasteiger partial charge in [0.05, 0.1) is 0 Å². The molecule has 0 saturated carbocycles. The van der Waals surface area contributed by atoms with Gasteiger partial charge < -0.3 is 20.4 Å². The van der Waals surface area contributed by atoms with Crippen LogP contribution in [-0.2, 0) is 19.2 Å². The van der Waals surface area contributed by atoms with Gasteiger partial charge in [-0.1, -0.05) is 30.3 Å². The van der Waals surface area contributed by atoms with Crippen molar-refractivity contribution in [3.8, 4) is 0 Å². The van der Waals surface area contributed by atoms with Gasteiger partial charge >= 0.3 is 11.9 Å². The Morgan fingerprint density at radius 1 is 1.19 bits per heavy atom. The number of thioether (sulfide) groups is 1. The third-order valence-corrected chi connectivity index (χ3v) is 6.19. The zero-order valence-electron chi connectivity index (χ0n) is 14.1. The Bertz CT molecular complexity index is 781. The van der Waals surface area contributed by atoms with Crippen LogP contribution in [0.5, 0.6) is 0 Å². The van der Waals surface area contributed by atoms with Gasteiger partial charge in [-0.2, -0.15) is 0 Å². The number of nitrogens with one attached hydrogen (secondary N) is 1. The Labute approximate surface area is 153 Å². The van der Waals surface area contributed by atoms with E-state index in [1.807, 2.05) is 0 Å². The molecule has 2 fully saturated rings. The molecule has 0 aromatic heterocycles. The van der Waals surface area contributed by atoms with Gasteiger partial charge in [-0.05, 0) is 19.4 Å². The quantitative estimate of drug-likeness (QED) is 0.503. The number of hydrogen-bond donors (Lipinski definition) is 3. The lowest BCUT2D eigenvalue weighted by atomic mass is 9.94. The molecular weight excluding hydrogens is 360 g/mol. The van der Waals surface area contributed by atoms with Crippen LogP contribution < -0.4 is 5.32 Å². The van der Waals surface area contributed by atoms with Crippen molar-refractivity contribution in [3.63, 3.8) is 0 Å². The number of carbonyl (C=O) groups excluding carboxylic acids is 2. The number of nitrogens with zero attached hydrogens (tertiary/aromatic N) is 1. The summed E-state index contributed by atoms with van der Waals surface area (Å²) in [5.41, 5.74) is 0.309. The highest BCUT2D eigenvalue weighted by molar-refractivity contribution is 8.01. The molecule has 2 amide bonds. The molecule has 3 rings (SSSR count). The molecule has 8 nitrogen and oxygen atoms in total. The largest absolute Gasteiger partial charge is 0.480 e. The van der Waals surface area contributed by atoms with Crippen molar-refractivity contribution in [2.75, 3.05) is 0 Å². The number of amides is 2. The molecule has 4 atom stereocenters. The van der Waals surface area contributed by atoms with Gasteiger partial charge in [0.25, 0.3) is 0 Å². The summed E-state index contributed by atoms with van der Waals surface area (Å²) < 4.78 is -0.711. The Kier molecular flexibility index (Phi) is 4.43. The van der Waals surface area contributed by atoms with Crippen LogP contribution in [0.4, 0.5) is 0 Å². The lowest BCUT2D eigenvalue weighted by Crippen LogP contribution is -2.71. The van der Waals surface area contributed by atoms with Crippen molar-refractivity contribution in [2.45, 2.75) is 42.0 Å². The topological polar surface area (TPSA) is 124 Å². The summed E-state index contributed by atoms with van der Waals surface area (Å²) in [7, 11) is 0.